The van der Waals surface area contributed by atoms with E-state index in [2.05, 4.69) is 5.32 Å². The quantitative estimate of drug-likeness (QED) is 0.776. The number of carbonyl (C=O) groups is 2. The van der Waals surface area contributed by atoms with Gasteiger partial charge in [0.1, 0.15) is 0 Å². The number of sulfonamides is 1. The topological polar surface area (TPSA) is 107 Å². The van der Waals surface area contributed by atoms with Crippen molar-refractivity contribution in [3.05, 3.63) is 35.9 Å². The Labute approximate surface area is 159 Å². The molecule has 0 aromatic heterocycles. The van der Waals surface area contributed by atoms with Crippen LogP contribution in [0.1, 0.15) is 24.8 Å². The third kappa shape index (κ3) is 4.98. The second-order valence-electron chi connectivity index (χ2n) is 7.13. The summed E-state index contributed by atoms with van der Waals surface area (Å²) >= 11 is 0. The number of nitrogens with zero attached hydrogens (tertiary/aromatic N) is 2. The molecule has 9 heteroatoms. The van der Waals surface area contributed by atoms with E-state index < -0.39 is 21.9 Å². The predicted octanol–water partition coefficient (Wildman–Crippen LogP) is 1.10. The zero-order valence-electron chi connectivity index (χ0n) is 15.1. The number of carboxylic acid groups (broad SMARTS) is 1. The molecule has 0 aliphatic carbocycles. The van der Waals surface area contributed by atoms with Crippen LogP contribution in [0.5, 0.6) is 0 Å². The largest absolute Gasteiger partial charge is 0.481 e. The van der Waals surface area contributed by atoms with Crippen LogP contribution in [0, 0.1) is 5.92 Å². The summed E-state index contributed by atoms with van der Waals surface area (Å²) in [6.45, 7) is 1.41. The predicted molar refractivity (Wildman–Crippen MR) is 99.5 cm³/mol. The Morgan fingerprint density at radius 2 is 1.74 bits per heavy atom. The van der Waals surface area contributed by atoms with Gasteiger partial charge in [0.25, 0.3) is 0 Å². The Morgan fingerprint density at radius 3 is 2.33 bits per heavy atom. The minimum atomic E-state index is -3.38. The number of aliphatic carboxylic acids is 1. The molecule has 2 amide bonds. The highest BCUT2D eigenvalue weighted by Crippen LogP contribution is 2.20. The molecule has 3 rings (SSSR count). The van der Waals surface area contributed by atoms with Crippen molar-refractivity contribution in [3.63, 3.8) is 0 Å². The first-order valence-electron chi connectivity index (χ1n) is 9.15. The normalized spacial score (nSPS) is 21.9. The summed E-state index contributed by atoms with van der Waals surface area (Å²) in [5, 5.41) is 11.9. The van der Waals surface area contributed by atoms with E-state index in [1.165, 1.54) is 9.21 Å². The number of urea groups is 1. The molecule has 2 aliphatic rings. The van der Waals surface area contributed by atoms with Gasteiger partial charge >= 0.3 is 12.0 Å². The number of carboxylic acids is 1. The van der Waals surface area contributed by atoms with E-state index in [1.54, 1.807) is 12.1 Å². The van der Waals surface area contributed by atoms with E-state index in [4.69, 9.17) is 5.11 Å². The molecule has 8 nitrogen and oxygen atoms in total. The van der Waals surface area contributed by atoms with Crippen molar-refractivity contribution in [2.45, 2.75) is 31.1 Å². The van der Waals surface area contributed by atoms with Gasteiger partial charge in [-0.1, -0.05) is 30.3 Å². The molecule has 0 radical (unpaired) electrons. The van der Waals surface area contributed by atoms with Gasteiger partial charge in [-0.25, -0.2) is 17.5 Å². The summed E-state index contributed by atoms with van der Waals surface area (Å²) < 4.78 is 26.6. The third-order valence-electron chi connectivity index (χ3n) is 5.19. The monoisotopic (exact) mass is 395 g/mol. The van der Waals surface area contributed by atoms with Gasteiger partial charge in [0.2, 0.25) is 10.0 Å². The van der Waals surface area contributed by atoms with Crippen molar-refractivity contribution >= 4 is 22.0 Å². The summed E-state index contributed by atoms with van der Waals surface area (Å²) in [5.41, 5.74) is 0.759. The summed E-state index contributed by atoms with van der Waals surface area (Å²) in [6, 6.07) is 8.73. The van der Waals surface area contributed by atoms with Crippen molar-refractivity contribution in [2.75, 3.05) is 26.2 Å². The number of hydrogen-bond acceptors (Lipinski definition) is 4. The molecule has 2 N–H and O–H groups in total. The molecule has 148 valence electrons. The van der Waals surface area contributed by atoms with E-state index in [1.807, 2.05) is 18.2 Å². The van der Waals surface area contributed by atoms with Gasteiger partial charge in [0, 0.05) is 32.2 Å². The molecule has 1 unspecified atom stereocenters. The first-order valence-corrected chi connectivity index (χ1v) is 10.8. The molecular formula is C18H25N3O5S. The van der Waals surface area contributed by atoms with E-state index in [-0.39, 0.29) is 24.4 Å². The van der Waals surface area contributed by atoms with Gasteiger partial charge in [-0.05, 0) is 24.8 Å². The highest BCUT2D eigenvalue weighted by atomic mass is 32.2. The van der Waals surface area contributed by atoms with Gasteiger partial charge in [0.15, 0.2) is 0 Å². The lowest BCUT2D eigenvalue weighted by molar-refractivity contribution is -0.141. The van der Waals surface area contributed by atoms with E-state index in [9.17, 15) is 18.0 Å². The van der Waals surface area contributed by atoms with Crippen LogP contribution < -0.4 is 5.32 Å². The van der Waals surface area contributed by atoms with Crippen LogP contribution in [0.15, 0.2) is 30.3 Å². The Kier molecular flexibility index (Phi) is 6.01. The Morgan fingerprint density at radius 1 is 1.07 bits per heavy atom. The number of amides is 2. The van der Waals surface area contributed by atoms with Crippen LogP contribution in [0.3, 0.4) is 0 Å². The summed E-state index contributed by atoms with van der Waals surface area (Å²) in [5.74, 6) is -1.39. The summed E-state index contributed by atoms with van der Waals surface area (Å²) in [6.07, 6.45) is 1.57. The number of nitrogens with one attached hydrogen (secondary N) is 1. The number of piperidine rings is 1. The lowest BCUT2D eigenvalue weighted by Gasteiger charge is -2.32. The lowest BCUT2D eigenvalue weighted by atomic mass is 10.1. The number of hydrogen-bond donors (Lipinski definition) is 2. The maximum atomic E-state index is 12.6. The van der Waals surface area contributed by atoms with E-state index >= 15 is 0 Å². The molecule has 1 atom stereocenters. The van der Waals surface area contributed by atoms with Crippen LogP contribution in [-0.4, -0.2) is 67.0 Å². The second kappa shape index (κ2) is 8.26. The van der Waals surface area contributed by atoms with Crippen LogP contribution in [0.2, 0.25) is 0 Å². The van der Waals surface area contributed by atoms with E-state index in [0.717, 1.165) is 5.56 Å². The van der Waals surface area contributed by atoms with Crippen molar-refractivity contribution in [3.8, 4) is 0 Å². The van der Waals surface area contributed by atoms with Crippen LogP contribution >= 0.6 is 0 Å². The second-order valence-corrected chi connectivity index (χ2v) is 9.10. The molecule has 2 aliphatic heterocycles. The van der Waals surface area contributed by atoms with E-state index in [0.29, 0.717) is 38.9 Å². The van der Waals surface area contributed by atoms with Crippen LogP contribution in [-0.2, 0) is 20.6 Å². The average Bonchev–Trinajstić information content (AvgIpc) is 3.13. The molecule has 0 bridgehead atoms. The fraction of sp³-hybridized carbons (Fsp3) is 0.556. The smallest absolute Gasteiger partial charge is 0.317 e. The molecule has 0 spiro atoms. The molecule has 0 saturated carbocycles. The Balaban J connectivity index is 1.47. The fourth-order valence-electron chi connectivity index (χ4n) is 3.57. The highest BCUT2D eigenvalue weighted by molar-refractivity contribution is 7.88. The van der Waals surface area contributed by atoms with Gasteiger partial charge in [-0.3, -0.25) is 4.79 Å². The molecule has 1 aromatic carbocycles. The maximum Gasteiger partial charge on any atom is 0.317 e. The van der Waals surface area contributed by atoms with Crippen molar-refractivity contribution in [2.24, 2.45) is 5.92 Å². The number of carbonyl (C=O) groups excluding carboxylic acids is 1. The van der Waals surface area contributed by atoms with Gasteiger partial charge in [-0.2, -0.15) is 0 Å². The van der Waals surface area contributed by atoms with Crippen molar-refractivity contribution < 1.29 is 23.1 Å². The molecule has 2 heterocycles. The first-order chi connectivity index (χ1) is 12.8. The Hall–Kier alpha value is -2.13. The number of rotatable bonds is 5. The van der Waals surface area contributed by atoms with Gasteiger partial charge in [-0.15, -0.1) is 0 Å². The number of benzene rings is 1. The van der Waals surface area contributed by atoms with Gasteiger partial charge < -0.3 is 15.3 Å². The van der Waals surface area contributed by atoms with Gasteiger partial charge in [0.05, 0.1) is 11.7 Å². The van der Waals surface area contributed by atoms with Crippen molar-refractivity contribution in [1.29, 1.82) is 0 Å². The zero-order chi connectivity index (χ0) is 19.4. The SMILES string of the molecule is O=C(O)C1CCN(C(=O)NC2CCN(S(=O)(=O)Cc3ccccc3)CC2)C1. The van der Waals surface area contributed by atoms with Crippen LogP contribution in [0.4, 0.5) is 4.79 Å². The maximum absolute atomic E-state index is 12.6. The molecule has 1 aromatic rings. The lowest BCUT2D eigenvalue weighted by Crippen LogP contribution is -2.50. The number of likely N-dealkylation sites (tertiary alicyclic amines) is 1. The zero-order valence-corrected chi connectivity index (χ0v) is 15.9. The standard InChI is InChI=1S/C18H25N3O5S/c22-17(23)15-6-9-20(12-15)18(24)19-16-7-10-21(11-8-16)27(25,26)13-14-4-2-1-3-5-14/h1-5,15-16H,6-13H2,(H,19,24)(H,22,23). The molecule has 27 heavy (non-hydrogen) atoms. The minimum Gasteiger partial charge on any atom is -0.481 e. The molecule has 2 fully saturated rings. The third-order valence-corrected chi connectivity index (χ3v) is 7.04. The first kappa shape index (κ1) is 19.6. The Bertz CT molecular complexity index is 775. The summed E-state index contributed by atoms with van der Waals surface area (Å²) in [4.78, 5) is 24.8. The minimum absolute atomic E-state index is 0.0186. The highest BCUT2D eigenvalue weighted by Gasteiger charge is 2.33. The molecule has 2 saturated heterocycles. The average molecular weight is 395 g/mol. The fourth-order valence-corrected chi connectivity index (χ4v) is 5.13. The summed E-state index contributed by atoms with van der Waals surface area (Å²) in [7, 11) is -3.38. The van der Waals surface area contributed by atoms with Crippen molar-refractivity contribution in [1.82, 2.24) is 14.5 Å². The van der Waals surface area contributed by atoms with Crippen LogP contribution in [0.25, 0.3) is 0 Å². The molecular weight excluding hydrogens is 370 g/mol.